The van der Waals surface area contributed by atoms with Crippen LogP contribution in [0.3, 0.4) is 0 Å². The smallest absolute Gasteiger partial charge is 0.172 e. The molecule has 0 aliphatic heterocycles. The van der Waals surface area contributed by atoms with Crippen molar-refractivity contribution < 1.29 is 4.79 Å². The van der Waals surface area contributed by atoms with Gasteiger partial charge in [-0.1, -0.05) is 35.5 Å². The van der Waals surface area contributed by atoms with Crippen molar-refractivity contribution in [1.29, 1.82) is 0 Å². The molecular weight excluding hydrogens is 214 g/mol. The summed E-state index contributed by atoms with van der Waals surface area (Å²) in [6.45, 7) is 0.688. The molecule has 1 heterocycles. The van der Waals surface area contributed by atoms with Gasteiger partial charge in [0.05, 0.1) is 12.2 Å². The molecule has 0 spiro atoms. The predicted molar refractivity (Wildman–Crippen MR) is 62.9 cm³/mol. The van der Waals surface area contributed by atoms with Gasteiger partial charge < -0.3 is 0 Å². The second kappa shape index (κ2) is 4.13. The van der Waals surface area contributed by atoms with Gasteiger partial charge in [-0.3, -0.25) is 4.79 Å². The lowest BCUT2D eigenvalue weighted by molar-refractivity contribution is 0.111. The first kappa shape index (κ1) is 10.2. The second-order valence-electron chi connectivity index (χ2n) is 4.40. The molecule has 0 bridgehead atoms. The van der Waals surface area contributed by atoms with Gasteiger partial charge in [0.15, 0.2) is 6.29 Å². The minimum Gasteiger partial charge on any atom is -0.296 e. The van der Waals surface area contributed by atoms with Crippen molar-refractivity contribution in [3.63, 3.8) is 0 Å². The average Bonchev–Trinajstić information content (AvgIpc) is 3.13. The first-order chi connectivity index (χ1) is 8.38. The van der Waals surface area contributed by atoms with E-state index in [1.54, 1.807) is 0 Å². The quantitative estimate of drug-likeness (QED) is 0.751. The van der Waals surface area contributed by atoms with Gasteiger partial charge in [0, 0.05) is 5.92 Å². The fourth-order valence-electron chi connectivity index (χ4n) is 2.07. The molecule has 0 amide bonds. The largest absolute Gasteiger partial charge is 0.296 e. The van der Waals surface area contributed by atoms with Gasteiger partial charge in [0.1, 0.15) is 5.69 Å². The molecule has 1 saturated carbocycles. The standard InChI is InChI=1S/C13H13N3O/c17-9-12-13(11-6-7-11)16(15-14-12)8-10-4-2-1-3-5-10/h1-5,9,11H,6-8H2. The van der Waals surface area contributed by atoms with Crippen LogP contribution in [0, 0.1) is 0 Å². The average molecular weight is 227 g/mol. The molecule has 4 nitrogen and oxygen atoms in total. The Morgan fingerprint density at radius 1 is 1.29 bits per heavy atom. The number of carbonyl (C=O) groups is 1. The Morgan fingerprint density at radius 2 is 2.06 bits per heavy atom. The molecule has 0 radical (unpaired) electrons. The molecule has 0 atom stereocenters. The van der Waals surface area contributed by atoms with Crippen molar-refractivity contribution in [3.05, 3.63) is 47.3 Å². The summed E-state index contributed by atoms with van der Waals surface area (Å²) in [5.41, 5.74) is 2.68. The van der Waals surface area contributed by atoms with Crippen LogP contribution in [0.15, 0.2) is 30.3 Å². The lowest BCUT2D eigenvalue weighted by Gasteiger charge is -2.05. The predicted octanol–water partition coefficient (Wildman–Crippen LogP) is 2.02. The van der Waals surface area contributed by atoms with E-state index in [0.717, 1.165) is 24.8 Å². The monoisotopic (exact) mass is 227 g/mol. The third-order valence-electron chi connectivity index (χ3n) is 3.05. The number of hydrogen-bond acceptors (Lipinski definition) is 3. The van der Waals surface area contributed by atoms with Crippen LogP contribution < -0.4 is 0 Å². The highest BCUT2D eigenvalue weighted by Crippen LogP contribution is 2.40. The molecule has 1 aliphatic rings. The summed E-state index contributed by atoms with van der Waals surface area (Å²) in [4.78, 5) is 10.9. The number of hydrogen-bond donors (Lipinski definition) is 0. The van der Waals surface area contributed by atoms with Gasteiger partial charge >= 0.3 is 0 Å². The van der Waals surface area contributed by atoms with E-state index in [9.17, 15) is 4.79 Å². The first-order valence-corrected chi connectivity index (χ1v) is 5.81. The number of rotatable bonds is 4. The highest BCUT2D eigenvalue weighted by atomic mass is 16.1. The molecule has 2 aromatic rings. The molecule has 0 N–H and O–H groups in total. The highest BCUT2D eigenvalue weighted by Gasteiger charge is 2.31. The van der Waals surface area contributed by atoms with E-state index in [1.807, 2.05) is 22.9 Å². The third kappa shape index (κ3) is 1.98. The minimum absolute atomic E-state index is 0.480. The Balaban J connectivity index is 1.92. The number of aromatic nitrogens is 3. The van der Waals surface area contributed by atoms with Gasteiger partial charge in [0.2, 0.25) is 0 Å². The Kier molecular flexibility index (Phi) is 2.48. The number of carbonyl (C=O) groups excluding carboxylic acids is 1. The maximum absolute atomic E-state index is 10.9. The van der Waals surface area contributed by atoms with Crippen LogP contribution in [0.2, 0.25) is 0 Å². The zero-order valence-corrected chi connectivity index (χ0v) is 9.41. The number of aldehydes is 1. The van der Waals surface area contributed by atoms with Gasteiger partial charge in [0.25, 0.3) is 0 Å². The van der Waals surface area contributed by atoms with Crippen molar-refractivity contribution in [1.82, 2.24) is 15.0 Å². The Morgan fingerprint density at radius 3 is 2.71 bits per heavy atom. The van der Waals surface area contributed by atoms with Gasteiger partial charge in [-0.05, 0) is 18.4 Å². The Bertz CT molecular complexity index is 529. The third-order valence-corrected chi connectivity index (χ3v) is 3.05. The van der Waals surface area contributed by atoms with E-state index in [0.29, 0.717) is 18.2 Å². The van der Waals surface area contributed by atoms with Crippen LogP contribution in [0.4, 0.5) is 0 Å². The van der Waals surface area contributed by atoms with E-state index in [2.05, 4.69) is 22.4 Å². The van der Waals surface area contributed by atoms with Crippen molar-refractivity contribution in [2.24, 2.45) is 0 Å². The van der Waals surface area contributed by atoms with Crippen LogP contribution >= 0.6 is 0 Å². The maximum atomic E-state index is 10.9. The Labute approximate surface area is 99.3 Å². The summed E-state index contributed by atoms with van der Waals surface area (Å²) in [7, 11) is 0. The van der Waals surface area contributed by atoms with E-state index in [-0.39, 0.29) is 0 Å². The van der Waals surface area contributed by atoms with Gasteiger partial charge in [-0.25, -0.2) is 4.68 Å². The molecule has 1 aromatic carbocycles. The van der Waals surface area contributed by atoms with E-state index in [1.165, 1.54) is 5.56 Å². The number of benzene rings is 1. The normalized spacial score (nSPS) is 14.8. The Hall–Kier alpha value is -1.97. The zero-order valence-electron chi connectivity index (χ0n) is 9.41. The van der Waals surface area contributed by atoms with Crippen LogP contribution in [0.1, 0.15) is 40.5 Å². The van der Waals surface area contributed by atoms with Crippen LogP contribution in [-0.4, -0.2) is 21.3 Å². The molecule has 4 heteroatoms. The van der Waals surface area contributed by atoms with Crippen molar-refractivity contribution in [2.45, 2.75) is 25.3 Å². The first-order valence-electron chi connectivity index (χ1n) is 5.81. The van der Waals surface area contributed by atoms with E-state index >= 15 is 0 Å². The van der Waals surface area contributed by atoms with Gasteiger partial charge in [-0.2, -0.15) is 0 Å². The maximum Gasteiger partial charge on any atom is 0.172 e. The lowest BCUT2D eigenvalue weighted by Crippen LogP contribution is -2.06. The van der Waals surface area contributed by atoms with Crippen LogP contribution in [-0.2, 0) is 6.54 Å². The molecule has 0 unspecified atom stereocenters. The lowest BCUT2D eigenvalue weighted by atomic mass is 10.2. The minimum atomic E-state index is 0.480. The molecule has 86 valence electrons. The molecule has 0 saturated heterocycles. The van der Waals surface area contributed by atoms with Crippen molar-refractivity contribution in [2.75, 3.05) is 0 Å². The zero-order chi connectivity index (χ0) is 11.7. The fourth-order valence-corrected chi connectivity index (χ4v) is 2.07. The van der Waals surface area contributed by atoms with Crippen molar-refractivity contribution >= 4 is 6.29 Å². The molecule has 1 fully saturated rings. The van der Waals surface area contributed by atoms with Crippen LogP contribution in [0.25, 0.3) is 0 Å². The molecule has 17 heavy (non-hydrogen) atoms. The summed E-state index contributed by atoms with van der Waals surface area (Å²) in [5.74, 6) is 0.480. The summed E-state index contributed by atoms with van der Waals surface area (Å²) in [5, 5.41) is 8.02. The second-order valence-corrected chi connectivity index (χ2v) is 4.40. The topological polar surface area (TPSA) is 47.8 Å². The molecular formula is C13H13N3O. The van der Waals surface area contributed by atoms with Crippen molar-refractivity contribution in [3.8, 4) is 0 Å². The summed E-state index contributed by atoms with van der Waals surface area (Å²) < 4.78 is 1.86. The van der Waals surface area contributed by atoms with Gasteiger partial charge in [-0.15, -0.1) is 5.10 Å². The summed E-state index contributed by atoms with van der Waals surface area (Å²) in [6.07, 6.45) is 3.09. The van der Waals surface area contributed by atoms with E-state index in [4.69, 9.17) is 0 Å². The van der Waals surface area contributed by atoms with E-state index < -0.39 is 0 Å². The fraction of sp³-hybridized carbons (Fsp3) is 0.308. The number of nitrogens with zero attached hydrogens (tertiary/aromatic N) is 3. The van der Waals surface area contributed by atoms with Crippen LogP contribution in [0.5, 0.6) is 0 Å². The SMILES string of the molecule is O=Cc1nnn(Cc2ccccc2)c1C1CC1. The summed E-state index contributed by atoms with van der Waals surface area (Å²) in [6, 6.07) is 10.1. The molecule has 1 aromatic heterocycles. The summed E-state index contributed by atoms with van der Waals surface area (Å²) >= 11 is 0. The highest BCUT2D eigenvalue weighted by molar-refractivity contribution is 5.73. The molecule has 3 rings (SSSR count). The molecule has 1 aliphatic carbocycles.